The number of fused-ring (bicyclic) bond motifs is 3. The number of hydrogen-bond acceptors (Lipinski definition) is 9. The molecule has 5 unspecified atom stereocenters. The largest absolute Gasteiger partial charge is 0.481 e. The van der Waals surface area contributed by atoms with Crippen molar-refractivity contribution in [3.8, 4) is 0 Å². The van der Waals surface area contributed by atoms with E-state index < -0.39 is 59.0 Å². The van der Waals surface area contributed by atoms with Crippen molar-refractivity contribution < 1.29 is 69.0 Å². The second-order valence-corrected chi connectivity index (χ2v) is 17.0. The number of rotatable bonds is 12. The van der Waals surface area contributed by atoms with Gasteiger partial charge in [-0.3, -0.25) is 33.6 Å². The molecule has 2 aliphatic carbocycles. The first-order valence-corrected chi connectivity index (χ1v) is 20.8. The molecule has 0 aromatic heterocycles. The lowest BCUT2D eigenvalue weighted by atomic mass is 9.75. The predicted molar refractivity (Wildman–Crippen MR) is 222 cm³/mol. The molecule has 5 atom stereocenters. The molecule has 4 fully saturated rings. The number of thioether (sulfide) groups is 1. The van der Waals surface area contributed by atoms with Crippen molar-refractivity contribution in [3.05, 3.63) is 76.9 Å². The molecule has 2 amide bonds. The van der Waals surface area contributed by atoms with Gasteiger partial charge < -0.3 is 40.4 Å². The van der Waals surface area contributed by atoms with Gasteiger partial charge in [-0.2, -0.15) is 0 Å². The molecular formula is C44H52N2O14S. The van der Waals surface area contributed by atoms with Gasteiger partial charge in [0.05, 0.1) is 35.2 Å². The van der Waals surface area contributed by atoms with Crippen molar-refractivity contribution in [3.63, 3.8) is 0 Å². The maximum Gasteiger partial charge on any atom is 0.336 e. The van der Waals surface area contributed by atoms with Crippen LogP contribution in [0.5, 0.6) is 0 Å². The molecule has 0 radical (unpaired) electrons. The average molecular weight is 865 g/mol. The van der Waals surface area contributed by atoms with Crippen molar-refractivity contribution >= 4 is 70.2 Å². The lowest BCUT2D eigenvalue weighted by Crippen LogP contribution is -2.38. The van der Waals surface area contributed by atoms with E-state index in [2.05, 4.69) is 18.2 Å². The minimum atomic E-state index is -0.996. The minimum absolute atomic E-state index is 0.0129. The molecule has 2 saturated heterocycles. The summed E-state index contributed by atoms with van der Waals surface area (Å²) in [6, 6.07) is 18.0. The van der Waals surface area contributed by atoms with E-state index in [9.17, 15) is 38.4 Å². The van der Waals surface area contributed by atoms with E-state index in [0.29, 0.717) is 36.5 Å². The number of hydrogen-bond donors (Lipinski definition) is 6. The van der Waals surface area contributed by atoms with Crippen LogP contribution in [0.15, 0.2) is 59.5 Å². The van der Waals surface area contributed by atoms with E-state index >= 15 is 0 Å². The zero-order valence-corrected chi connectivity index (χ0v) is 35.1. The van der Waals surface area contributed by atoms with Gasteiger partial charge in [0, 0.05) is 49.7 Å². The van der Waals surface area contributed by atoms with Crippen LogP contribution in [0.1, 0.15) is 72.0 Å². The number of benzene rings is 3. The lowest BCUT2D eigenvalue weighted by molar-refractivity contribution is -0.160. The molecule has 61 heavy (non-hydrogen) atoms. The second-order valence-electron chi connectivity index (χ2n) is 15.9. The monoisotopic (exact) mass is 864 g/mol. The fourth-order valence-electron chi connectivity index (χ4n) is 8.57. The number of carbonyl (C=O) groups excluding carboxylic acids is 2. The van der Waals surface area contributed by atoms with Crippen molar-refractivity contribution in [2.45, 2.75) is 70.6 Å². The van der Waals surface area contributed by atoms with E-state index in [-0.39, 0.29) is 57.3 Å². The van der Waals surface area contributed by atoms with E-state index in [4.69, 9.17) is 30.6 Å². The normalized spacial score (nSPS) is 22.3. The molecule has 3 aromatic carbocycles. The van der Waals surface area contributed by atoms with Crippen LogP contribution in [0, 0.1) is 49.9 Å². The number of aliphatic carboxylic acids is 5. The Bertz CT molecular complexity index is 2100. The van der Waals surface area contributed by atoms with Crippen LogP contribution in [0.25, 0.3) is 10.8 Å². The summed E-state index contributed by atoms with van der Waals surface area (Å²) in [5, 5.41) is 55.5. The third-order valence-corrected chi connectivity index (χ3v) is 12.7. The summed E-state index contributed by atoms with van der Waals surface area (Å²) in [7, 11) is 0. The zero-order chi connectivity index (χ0) is 45.2. The summed E-state index contributed by atoms with van der Waals surface area (Å²) >= 11 is 1.60. The molecule has 328 valence electrons. The van der Waals surface area contributed by atoms with Crippen molar-refractivity contribution in [2.24, 2.45) is 29.1 Å². The van der Waals surface area contributed by atoms with Crippen molar-refractivity contribution in [1.29, 1.82) is 0 Å². The van der Waals surface area contributed by atoms with E-state index in [1.807, 2.05) is 57.2 Å². The number of amides is 2. The summed E-state index contributed by atoms with van der Waals surface area (Å²) in [6.07, 6.45) is 2.73. The zero-order valence-electron chi connectivity index (χ0n) is 34.2. The van der Waals surface area contributed by atoms with E-state index in [0.717, 1.165) is 28.0 Å². The quantitative estimate of drug-likeness (QED) is 0.122. The fourth-order valence-corrected chi connectivity index (χ4v) is 9.59. The first-order chi connectivity index (χ1) is 28.7. The summed E-state index contributed by atoms with van der Waals surface area (Å²) in [5.41, 5.74) is 2.27. The molecule has 6 N–H and O–H groups in total. The van der Waals surface area contributed by atoms with Gasteiger partial charge in [0.15, 0.2) is 0 Å². The summed E-state index contributed by atoms with van der Waals surface area (Å²) in [4.78, 5) is 91.9. The van der Waals surface area contributed by atoms with Crippen LogP contribution in [0.3, 0.4) is 0 Å². The van der Waals surface area contributed by atoms with Gasteiger partial charge in [-0.05, 0) is 80.3 Å². The highest BCUT2D eigenvalue weighted by atomic mass is 32.2. The molecular weight excluding hydrogens is 813 g/mol. The van der Waals surface area contributed by atoms with Crippen molar-refractivity contribution in [1.82, 2.24) is 9.80 Å². The number of carbonyl (C=O) groups is 8. The van der Waals surface area contributed by atoms with Crippen LogP contribution in [-0.4, -0.2) is 120 Å². The number of carboxylic acids is 6. The van der Waals surface area contributed by atoms with Gasteiger partial charge in [-0.1, -0.05) is 54.1 Å². The van der Waals surface area contributed by atoms with Crippen LogP contribution in [0.4, 0.5) is 0 Å². The highest BCUT2D eigenvalue weighted by Gasteiger charge is 2.59. The topological polar surface area (TPSA) is 264 Å². The first kappa shape index (κ1) is 47.7. The molecule has 2 saturated carbocycles. The molecule has 3 aromatic rings. The molecule has 2 aliphatic heterocycles. The Morgan fingerprint density at radius 3 is 1.72 bits per heavy atom. The Morgan fingerprint density at radius 1 is 0.738 bits per heavy atom. The van der Waals surface area contributed by atoms with Gasteiger partial charge in [0.25, 0.3) is 0 Å². The third-order valence-electron chi connectivity index (χ3n) is 11.6. The average Bonchev–Trinajstić information content (AvgIpc) is 3.98. The molecule has 2 bridgehead atoms. The molecule has 2 heterocycles. The fraction of sp³-hybridized carbons (Fsp3) is 0.455. The Labute approximate surface area is 356 Å². The number of aryl methyl sites for hydroxylation is 3. The van der Waals surface area contributed by atoms with Gasteiger partial charge in [0.2, 0.25) is 11.8 Å². The Kier molecular flexibility index (Phi) is 16.4. The smallest absolute Gasteiger partial charge is 0.336 e. The molecule has 7 rings (SSSR count). The minimum Gasteiger partial charge on any atom is -0.481 e. The van der Waals surface area contributed by atoms with E-state index in [1.54, 1.807) is 11.8 Å². The van der Waals surface area contributed by atoms with Crippen LogP contribution in [-0.2, 0) is 33.6 Å². The molecule has 4 aliphatic rings. The maximum absolute atomic E-state index is 11.6. The van der Waals surface area contributed by atoms with Gasteiger partial charge in [-0.25, -0.2) is 4.79 Å². The number of aromatic carboxylic acids is 1. The first-order valence-electron chi connectivity index (χ1n) is 19.8. The van der Waals surface area contributed by atoms with Gasteiger partial charge in [-0.15, -0.1) is 11.8 Å². The lowest BCUT2D eigenvalue weighted by Gasteiger charge is -2.27. The maximum atomic E-state index is 11.6. The van der Waals surface area contributed by atoms with Gasteiger partial charge in [0.1, 0.15) is 0 Å². The number of likely N-dealkylation sites (tertiary alicyclic amines) is 2. The number of nitrogens with zero attached hydrogens (tertiary/aromatic N) is 2. The SMILES string of the molecule is Cc1cc(C)c(C(=O)O)c(C)c1.O=C(O)C1CC(=O)N(CCN2CC(C(=O)O)CC2=O)C1.O=C(O)C1CC2CCC1(C(=O)O)C2.O=C(O)CCSc1cccc2ccccc12. The van der Waals surface area contributed by atoms with E-state index in [1.165, 1.54) is 20.6 Å². The third kappa shape index (κ3) is 12.3. The van der Waals surface area contributed by atoms with Crippen LogP contribution < -0.4 is 0 Å². The molecule has 0 spiro atoms. The summed E-state index contributed by atoms with van der Waals surface area (Å²) in [6.45, 7) is 6.41. The second kappa shape index (κ2) is 21.0. The highest BCUT2D eigenvalue weighted by molar-refractivity contribution is 7.99. The molecule has 17 heteroatoms. The Hall–Kier alpha value is -5.97. The van der Waals surface area contributed by atoms with Gasteiger partial charge >= 0.3 is 35.8 Å². The predicted octanol–water partition coefficient (Wildman–Crippen LogP) is 5.53. The number of carboxylic acid groups (broad SMARTS) is 6. The van der Waals surface area contributed by atoms with Crippen molar-refractivity contribution in [2.75, 3.05) is 31.9 Å². The standard InChI is InChI=1S/C13H12O2S.C12H16N2O6.C10H12O2.C9H12O4/c14-13(15)8-9-16-12-7-3-5-10-4-1-2-6-11(10)12;15-9-3-7(11(17)18)5-13(9)1-2-14-6-8(12(19)20)4-10(14)16;1-6-4-7(2)9(10(11)12)8(3)5-6;10-7(11)6-3-5-1-2-9(6,4-5)8(12)13/h1-7H,8-9H2,(H,14,15);7-8H,1-6H2,(H,17,18)(H,19,20);4-5H,1-3H3,(H,11,12);5-6H,1-4H2,(H,10,11)(H,12,13). The highest BCUT2D eigenvalue weighted by Crippen LogP contribution is 2.57. The van der Waals surface area contributed by atoms with Crippen LogP contribution >= 0.6 is 11.8 Å². The van der Waals surface area contributed by atoms with Crippen LogP contribution in [0.2, 0.25) is 0 Å². The molecule has 16 nitrogen and oxygen atoms in total. The summed E-state index contributed by atoms with van der Waals surface area (Å²) < 4.78 is 0. The Balaban J connectivity index is 0.000000183. The Morgan fingerprint density at radius 2 is 1.28 bits per heavy atom. The summed E-state index contributed by atoms with van der Waals surface area (Å²) in [5.74, 6) is -7.00.